The smallest absolute Gasteiger partial charge is 0.325 e. The van der Waals surface area contributed by atoms with Crippen LogP contribution >= 0.6 is 0 Å². The lowest BCUT2D eigenvalue weighted by molar-refractivity contribution is -0.137. The molecule has 0 unspecified atom stereocenters. The number of nitrogens with one attached hydrogen (secondary N) is 1. The average Bonchev–Trinajstić information content (AvgIpc) is 2.68. The molecule has 1 fully saturated rings. The van der Waals surface area contributed by atoms with Crippen molar-refractivity contribution in [1.82, 2.24) is 4.31 Å². The highest BCUT2D eigenvalue weighted by Crippen LogP contribution is 2.35. The van der Waals surface area contributed by atoms with Gasteiger partial charge in [0.2, 0.25) is 15.9 Å². The van der Waals surface area contributed by atoms with E-state index in [0.29, 0.717) is 0 Å². The molecule has 1 saturated heterocycles. The molecule has 1 N–H and O–H groups in total. The zero-order valence-corrected chi connectivity index (χ0v) is 15.9. The van der Waals surface area contributed by atoms with E-state index in [0.717, 1.165) is 30.3 Å². The van der Waals surface area contributed by atoms with Gasteiger partial charge in [-0.05, 0) is 49.2 Å². The lowest BCUT2D eigenvalue weighted by Gasteiger charge is -2.30. The molecule has 29 heavy (non-hydrogen) atoms. The van der Waals surface area contributed by atoms with Crippen molar-refractivity contribution in [3.8, 4) is 0 Å². The van der Waals surface area contributed by atoms with Gasteiger partial charge in [-0.15, -0.1) is 0 Å². The van der Waals surface area contributed by atoms with Crippen LogP contribution in [0.3, 0.4) is 0 Å². The summed E-state index contributed by atoms with van der Waals surface area (Å²) in [5.41, 5.74) is -1.27. The standard InChI is InChI=1S/C19H18F4N2O3S/c20-14-5-7-15(8-6-14)29(27,28)25-11-9-13(10-12-25)18(26)24-17-4-2-1-3-16(17)19(21,22)23/h1-8,13H,9-12H2,(H,24,26). The number of para-hydroxylation sites is 1. The van der Waals surface area contributed by atoms with Crippen molar-refractivity contribution in [2.45, 2.75) is 23.9 Å². The van der Waals surface area contributed by atoms with Gasteiger partial charge in [-0.25, -0.2) is 12.8 Å². The number of carbonyl (C=O) groups excluding carboxylic acids is 1. The number of benzene rings is 2. The van der Waals surface area contributed by atoms with Crippen LogP contribution in [0.15, 0.2) is 53.4 Å². The molecule has 0 atom stereocenters. The number of halogens is 4. The van der Waals surface area contributed by atoms with Crippen LogP contribution < -0.4 is 5.32 Å². The molecule has 0 radical (unpaired) electrons. The summed E-state index contributed by atoms with van der Waals surface area (Å²) in [6.07, 6.45) is -4.27. The van der Waals surface area contributed by atoms with Gasteiger partial charge < -0.3 is 5.32 Å². The fraction of sp³-hybridized carbons (Fsp3) is 0.316. The van der Waals surface area contributed by atoms with Crippen LogP contribution in [-0.4, -0.2) is 31.7 Å². The van der Waals surface area contributed by atoms with Crippen LogP contribution in [0.2, 0.25) is 0 Å². The summed E-state index contributed by atoms with van der Waals surface area (Å²) in [5.74, 6) is -1.75. The van der Waals surface area contributed by atoms with Crippen molar-refractivity contribution >= 4 is 21.6 Å². The Morgan fingerprint density at radius 1 is 1.00 bits per heavy atom. The van der Waals surface area contributed by atoms with E-state index < -0.39 is 39.4 Å². The predicted molar refractivity (Wildman–Crippen MR) is 98.0 cm³/mol. The second kappa shape index (κ2) is 8.11. The van der Waals surface area contributed by atoms with Gasteiger partial charge in [-0.2, -0.15) is 17.5 Å². The Balaban J connectivity index is 1.65. The molecule has 1 aliphatic heterocycles. The number of carbonyl (C=O) groups is 1. The summed E-state index contributed by atoms with van der Waals surface area (Å²) < 4.78 is 78.6. The Bertz CT molecular complexity index is 983. The summed E-state index contributed by atoms with van der Waals surface area (Å²) in [4.78, 5) is 12.4. The molecule has 1 amide bonds. The minimum atomic E-state index is -4.60. The fourth-order valence-electron chi connectivity index (χ4n) is 3.19. The molecule has 0 aromatic heterocycles. The third kappa shape index (κ3) is 4.76. The molecule has 0 bridgehead atoms. The van der Waals surface area contributed by atoms with Crippen LogP contribution in [0.5, 0.6) is 0 Å². The van der Waals surface area contributed by atoms with Crippen molar-refractivity contribution in [3.63, 3.8) is 0 Å². The van der Waals surface area contributed by atoms with E-state index >= 15 is 0 Å². The summed E-state index contributed by atoms with van der Waals surface area (Å²) in [6, 6.07) is 9.10. The molecule has 2 aromatic rings. The third-order valence-electron chi connectivity index (χ3n) is 4.77. The summed E-state index contributed by atoms with van der Waals surface area (Å²) in [5, 5.41) is 2.31. The zero-order chi connectivity index (χ0) is 21.2. The third-order valence-corrected chi connectivity index (χ3v) is 6.68. The van der Waals surface area contributed by atoms with Gasteiger partial charge in [0.05, 0.1) is 16.1 Å². The summed E-state index contributed by atoms with van der Waals surface area (Å²) in [6.45, 7) is 0.0808. The highest BCUT2D eigenvalue weighted by molar-refractivity contribution is 7.89. The van der Waals surface area contributed by atoms with Gasteiger partial charge in [-0.1, -0.05) is 12.1 Å². The Morgan fingerprint density at radius 2 is 1.59 bits per heavy atom. The van der Waals surface area contributed by atoms with E-state index in [2.05, 4.69) is 5.32 Å². The minimum absolute atomic E-state index is 0.0404. The molecule has 2 aromatic carbocycles. The second-order valence-corrected chi connectivity index (χ2v) is 8.60. The molecule has 10 heteroatoms. The fourth-order valence-corrected chi connectivity index (χ4v) is 4.66. The van der Waals surface area contributed by atoms with E-state index in [-0.39, 0.29) is 36.5 Å². The Kier molecular flexibility index (Phi) is 5.95. The van der Waals surface area contributed by atoms with Crippen LogP contribution in [0.1, 0.15) is 18.4 Å². The predicted octanol–water partition coefficient (Wildman–Crippen LogP) is 3.88. The number of sulfonamides is 1. The van der Waals surface area contributed by atoms with Crippen molar-refractivity contribution in [1.29, 1.82) is 0 Å². The maximum Gasteiger partial charge on any atom is 0.418 e. The normalized spacial score (nSPS) is 16.6. The SMILES string of the molecule is O=C(Nc1ccccc1C(F)(F)F)C1CCN(S(=O)(=O)c2ccc(F)cc2)CC1. The first-order chi connectivity index (χ1) is 13.6. The highest BCUT2D eigenvalue weighted by atomic mass is 32.2. The summed E-state index contributed by atoms with van der Waals surface area (Å²) in [7, 11) is -3.83. The van der Waals surface area contributed by atoms with Crippen molar-refractivity contribution in [2.24, 2.45) is 5.92 Å². The first kappa shape index (κ1) is 21.3. The Morgan fingerprint density at radius 3 is 2.17 bits per heavy atom. The molecule has 156 valence electrons. The number of piperidine rings is 1. The number of rotatable bonds is 4. The largest absolute Gasteiger partial charge is 0.418 e. The van der Waals surface area contributed by atoms with Crippen LogP contribution in [0, 0.1) is 11.7 Å². The van der Waals surface area contributed by atoms with E-state index in [9.17, 15) is 30.8 Å². The maximum atomic E-state index is 13.1. The van der Waals surface area contributed by atoms with Crippen LogP contribution in [-0.2, 0) is 21.0 Å². The van der Waals surface area contributed by atoms with E-state index in [1.54, 1.807) is 0 Å². The van der Waals surface area contributed by atoms with Crippen molar-refractivity contribution < 1.29 is 30.8 Å². The van der Waals surface area contributed by atoms with Gasteiger partial charge in [0.15, 0.2) is 0 Å². The zero-order valence-electron chi connectivity index (χ0n) is 15.1. The van der Waals surface area contributed by atoms with Gasteiger partial charge in [0, 0.05) is 19.0 Å². The highest BCUT2D eigenvalue weighted by Gasteiger charge is 2.35. The number of hydrogen-bond acceptors (Lipinski definition) is 3. The topological polar surface area (TPSA) is 66.5 Å². The van der Waals surface area contributed by atoms with Crippen LogP contribution in [0.4, 0.5) is 23.2 Å². The first-order valence-electron chi connectivity index (χ1n) is 8.82. The Hall–Kier alpha value is -2.46. The number of anilines is 1. The van der Waals surface area contributed by atoms with E-state index in [1.807, 2.05) is 0 Å². The monoisotopic (exact) mass is 430 g/mol. The number of nitrogens with zero attached hydrogens (tertiary/aromatic N) is 1. The molecule has 0 aliphatic carbocycles. The number of hydrogen-bond donors (Lipinski definition) is 1. The lowest BCUT2D eigenvalue weighted by Crippen LogP contribution is -2.41. The lowest BCUT2D eigenvalue weighted by atomic mass is 9.97. The molecule has 1 heterocycles. The van der Waals surface area contributed by atoms with E-state index in [4.69, 9.17) is 0 Å². The van der Waals surface area contributed by atoms with Gasteiger partial charge in [0.25, 0.3) is 0 Å². The molecular weight excluding hydrogens is 412 g/mol. The quantitative estimate of drug-likeness (QED) is 0.749. The molecule has 1 aliphatic rings. The first-order valence-corrected chi connectivity index (χ1v) is 10.3. The maximum absolute atomic E-state index is 13.1. The number of amides is 1. The van der Waals surface area contributed by atoms with Crippen LogP contribution in [0.25, 0.3) is 0 Å². The molecular formula is C19H18F4N2O3S. The summed E-state index contributed by atoms with van der Waals surface area (Å²) >= 11 is 0. The molecule has 0 spiro atoms. The van der Waals surface area contributed by atoms with Gasteiger partial charge >= 0.3 is 6.18 Å². The second-order valence-electron chi connectivity index (χ2n) is 6.66. The molecule has 5 nitrogen and oxygen atoms in total. The number of alkyl halides is 3. The van der Waals surface area contributed by atoms with Crippen molar-refractivity contribution in [2.75, 3.05) is 18.4 Å². The Labute approximate surface area is 165 Å². The van der Waals surface area contributed by atoms with E-state index in [1.165, 1.54) is 22.5 Å². The van der Waals surface area contributed by atoms with Gasteiger partial charge in [0.1, 0.15) is 5.82 Å². The van der Waals surface area contributed by atoms with Crippen molar-refractivity contribution in [3.05, 3.63) is 59.9 Å². The minimum Gasteiger partial charge on any atom is -0.325 e. The average molecular weight is 430 g/mol. The van der Waals surface area contributed by atoms with Gasteiger partial charge in [-0.3, -0.25) is 4.79 Å². The molecule has 0 saturated carbocycles. The molecule has 3 rings (SSSR count).